The van der Waals surface area contributed by atoms with Gasteiger partial charge in [0.25, 0.3) is 0 Å². The molecule has 0 amide bonds. The minimum atomic E-state index is 0.0743. The number of aryl methyl sites for hydroxylation is 1. The Hall–Kier alpha value is -1.44. The quantitative estimate of drug-likeness (QED) is 0.490. The molecule has 0 spiro atoms. The maximum absolute atomic E-state index is 4.96. The van der Waals surface area contributed by atoms with E-state index in [9.17, 15) is 0 Å². The van der Waals surface area contributed by atoms with E-state index in [0.29, 0.717) is 0 Å². The van der Waals surface area contributed by atoms with Gasteiger partial charge in [-0.15, -0.1) is 0 Å². The van der Waals surface area contributed by atoms with Gasteiger partial charge in [-0.1, -0.05) is 73.3 Å². The number of nitrogens with zero attached hydrogens (tertiary/aromatic N) is 2. The number of aromatic nitrogens is 2. The molecule has 2 aromatic rings. The molecule has 1 aromatic carbocycles. The zero-order chi connectivity index (χ0) is 18.7. The summed E-state index contributed by atoms with van der Waals surface area (Å²) in [4.78, 5) is 9.74. The highest BCUT2D eigenvalue weighted by Crippen LogP contribution is 2.33. The van der Waals surface area contributed by atoms with Crippen LogP contribution in [0.4, 0.5) is 0 Å². The first-order chi connectivity index (χ1) is 11.7. The van der Waals surface area contributed by atoms with Crippen molar-refractivity contribution < 1.29 is 0 Å². The summed E-state index contributed by atoms with van der Waals surface area (Å²) in [7, 11) is 0. The van der Waals surface area contributed by atoms with Gasteiger partial charge in [-0.2, -0.15) is 0 Å². The number of hydrogen-bond donors (Lipinski definition) is 0. The molecule has 0 bridgehead atoms. The van der Waals surface area contributed by atoms with Gasteiger partial charge >= 0.3 is 0 Å². The Balaban J connectivity index is 2.34. The Bertz CT molecular complexity index is 713. The van der Waals surface area contributed by atoms with Gasteiger partial charge in [0.15, 0.2) is 0 Å². The fourth-order valence-corrected chi connectivity index (χ4v) is 3.32. The van der Waals surface area contributed by atoms with Gasteiger partial charge < -0.3 is 0 Å². The first-order valence-corrected chi connectivity index (χ1v) is 9.99. The summed E-state index contributed by atoms with van der Waals surface area (Å²) in [6.07, 6.45) is 9.54. The minimum absolute atomic E-state index is 0.0743. The Kier molecular flexibility index (Phi) is 6.24. The van der Waals surface area contributed by atoms with E-state index >= 15 is 0 Å². The summed E-state index contributed by atoms with van der Waals surface area (Å²) in [6, 6.07) is 4.59. The second-order valence-corrected chi connectivity index (χ2v) is 8.85. The third kappa shape index (κ3) is 4.59. The van der Waals surface area contributed by atoms with Crippen LogP contribution in [0.3, 0.4) is 0 Å². The lowest BCUT2D eigenvalue weighted by molar-refractivity contribution is 0.446. The van der Waals surface area contributed by atoms with E-state index in [4.69, 9.17) is 9.97 Å². The van der Waals surface area contributed by atoms with Crippen molar-refractivity contribution in [3.63, 3.8) is 0 Å². The van der Waals surface area contributed by atoms with Gasteiger partial charge in [0, 0.05) is 11.6 Å². The van der Waals surface area contributed by atoms with Crippen LogP contribution in [0.15, 0.2) is 18.3 Å². The largest absolute Gasteiger partial charge is 0.253 e. The second kappa shape index (κ2) is 7.85. The van der Waals surface area contributed by atoms with Gasteiger partial charge in [-0.3, -0.25) is 4.98 Å². The molecule has 1 heterocycles. The molecule has 2 heteroatoms. The highest BCUT2D eigenvalue weighted by molar-refractivity contribution is 5.79. The summed E-state index contributed by atoms with van der Waals surface area (Å²) in [5.74, 6) is 0. The SMILES string of the molecule is CCCCCCC(C)(C)c1cc(C)c2nc(C(C)(C)CC)cnc2c1. The fourth-order valence-electron chi connectivity index (χ4n) is 3.32. The van der Waals surface area contributed by atoms with E-state index < -0.39 is 0 Å². The van der Waals surface area contributed by atoms with Crippen LogP contribution < -0.4 is 0 Å². The summed E-state index contributed by atoms with van der Waals surface area (Å²) >= 11 is 0. The summed E-state index contributed by atoms with van der Waals surface area (Å²) < 4.78 is 0. The zero-order valence-corrected chi connectivity index (χ0v) is 17.4. The summed E-state index contributed by atoms with van der Waals surface area (Å²) in [5.41, 5.74) is 6.09. The molecule has 0 unspecified atom stereocenters. The molecule has 2 nitrogen and oxygen atoms in total. The van der Waals surface area contributed by atoms with Crippen molar-refractivity contribution in [1.82, 2.24) is 9.97 Å². The van der Waals surface area contributed by atoms with E-state index in [-0.39, 0.29) is 10.8 Å². The first kappa shape index (κ1) is 19.9. The van der Waals surface area contributed by atoms with Gasteiger partial charge in [0.1, 0.15) is 0 Å². The van der Waals surface area contributed by atoms with Crippen molar-refractivity contribution in [2.24, 2.45) is 0 Å². The molecule has 0 radical (unpaired) electrons. The Morgan fingerprint density at radius 3 is 2.28 bits per heavy atom. The molecule has 0 aliphatic heterocycles. The molecular weight excluding hydrogens is 304 g/mol. The maximum Gasteiger partial charge on any atom is 0.0919 e. The van der Waals surface area contributed by atoms with Crippen LogP contribution in [0.5, 0.6) is 0 Å². The van der Waals surface area contributed by atoms with E-state index in [1.54, 1.807) is 0 Å². The molecule has 0 saturated heterocycles. The average Bonchev–Trinajstić information content (AvgIpc) is 2.58. The molecule has 0 fully saturated rings. The number of rotatable bonds is 8. The Morgan fingerprint density at radius 1 is 0.920 bits per heavy atom. The molecule has 2 rings (SSSR count). The minimum Gasteiger partial charge on any atom is -0.253 e. The lowest BCUT2D eigenvalue weighted by Gasteiger charge is -2.27. The molecule has 0 aliphatic rings. The van der Waals surface area contributed by atoms with Gasteiger partial charge in [-0.25, -0.2) is 4.98 Å². The summed E-state index contributed by atoms with van der Waals surface area (Å²) in [5, 5.41) is 0. The fraction of sp³-hybridized carbons (Fsp3) is 0.652. The molecule has 0 aliphatic carbocycles. The number of benzene rings is 1. The lowest BCUT2D eigenvalue weighted by atomic mass is 9.79. The van der Waals surface area contributed by atoms with Gasteiger partial charge in [0.05, 0.1) is 16.7 Å². The predicted molar refractivity (Wildman–Crippen MR) is 109 cm³/mol. The van der Waals surface area contributed by atoms with Crippen molar-refractivity contribution in [1.29, 1.82) is 0 Å². The van der Waals surface area contributed by atoms with Crippen LogP contribution in [0.1, 0.15) is 96.9 Å². The number of unbranched alkanes of at least 4 members (excludes halogenated alkanes) is 3. The molecule has 25 heavy (non-hydrogen) atoms. The van der Waals surface area contributed by atoms with Gasteiger partial charge in [-0.05, 0) is 42.4 Å². The molecule has 0 N–H and O–H groups in total. The van der Waals surface area contributed by atoms with Crippen molar-refractivity contribution in [2.75, 3.05) is 0 Å². The Labute approximate surface area is 154 Å². The molecule has 0 saturated carbocycles. The molecular formula is C23H36N2. The normalized spacial score (nSPS) is 12.8. The molecule has 0 atom stereocenters. The number of hydrogen-bond acceptors (Lipinski definition) is 2. The van der Waals surface area contributed by atoms with Crippen LogP contribution in [-0.4, -0.2) is 9.97 Å². The van der Waals surface area contributed by atoms with Crippen LogP contribution in [0.25, 0.3) is 11.0 Å². The van der Waals surface area contributed by atoms with Crippen LogP contribution >= 0.6 is 0 Å². The van der Waals surface area contributed by atoms with E-state index in [0.717, 1.165) is 23.1 Å². The van der Waals surface area contributed by atoms with Crippen molar-refractivity contribution >= 4 is 11.0 Å². The van der Waals surface area contributed by atoms with E-state index in [1.807, 2.05) is 6.20 Å². The molecule has 138 valence electrons. The summed E-state index contributed by atoms with van der Waals surface area (Å²) in [6.45, 7) is 15.9. The Morgan fingerprint density at radius 2 is 1.64 bits per heavy atom. The van der Waals surface area contributed by atoms with E-state index in [1.165, 1.54) is 43.2 Å². The van der Waals surface area contributed by atoms with E-state index in [2.05, 4.69) is 60.6 Å². The van der Waals surface area contributed by atoms with Crippen molar-refractivity contribution in [2.45, 2.75) is 97.8 Å². The number of fused-ring (bicyclic) bond motifs is 1. The van der Waals surface area contributed by atoms with Crippen LogP contribution in [0, 0.1) is 6.92 Å². The monoisotopic (exact) mass is 340 g/mol. The van der Waals surface area contributed by atoms with Crippen molar-refractivity contribution in [3.8, 4) is 0 Å². The van der Waals surface area contributed by atoms with Crippen LogP contribution in [-0.2, 0) is 10.8 Å². The van der Waals surface area contributed by atoms with Crippen molar-refractivity contribution in [3.05, 3.63) is 35.2 Å². The van der Waals surface area contributed by atoms with Gasteiger partial charge in [0.2, 0.25) is 0 Å². The zero-order valence-electron chi connectivity index (χ0n) is 17.4. The maximum atomic E-state index is 4.96. The topological polar surface area (TPSA) is 25.8 Å². The highest BCUT2D eigenvalue weighted by atomic mass is 14.8. The first-order valence-electron chi connectivity index (χ1n) is 9.99. The standard InChI is InChI=1S/C23H36N2/c1-8-10-11-12-13-23(6,7)18-14-17(3)21-19(15-18)24-16-20(25-21)22(4,5)9-2/h14-16H,8-13H2,1-7H3. The smallest absolute Gasteiger partial charge is 0.0919 e. The average molecular weight is 341 g/mol. The second-order valence-electron chi connectivity index (χ2n) is 8.85. The lowest BCUT2D eigenvalue weighted by Crippen LogP contribution is -2.19. The molecule has 1 aromatic heterocycles. The predicted octanol–water partition coefficient (Wildman–Crippen LogP) is 6.87. The highest BCUT2D eigenvalue weighted by Gasteiger charge is 2.24. The third-order valence-corrected chi connectivity index (χ3v) is 5.85. The third-order valence-electron chi connectivity index (χ3n) is 5.85. The van der Waals surface area contributed by atoms with Crippen LogP contribution in [0.2, 0.25) is 0 Å².